The zero-order valence-electron chi connectivity index (χ0n) is 16.8. The Morgan fingerprint density at radius 3 is 2.61 bits per heavy atom. The topological polar surface area (TPSA) is 85.2 Å². The molecule has 0 saturated heterocycles. The Hall–Kier alpha value is -2.67. The smallest absolute Gasteiger partial charge is 0.287 e. The zero-order valence-corrected chi connectivity index (χ0v) is 16.8. The third-order valence-corrected chi connectivity index (χ3v) is 4.83. The fourth-order valence-electron chi connectivity index (χ4n) is 3.63. The van der Waals surface area contributed by atoms with E-state index < -0.39 is 0 Å². The van der Waals surface area contributed by atoms with Crippen LogP contribution < -0.4 is 10.6 Å². The molecule has 2 heterocycles. The van der Waals surface area contributed by atoms with Gasteiger partial charge in [-0.2, -0.15) is 0 Å². The number of methoxy groups -OCH3 is 1. The Balaban J connectivity index is 1.81. The molecule has 7 nitrogen and oxygen atoms in total. The monoisotopic (exact) mass is 384 g/mol. The first-order valence-corrected chi connectivity index (χ1v) is 9.75. The molecular weight excluding hydrogens is 356 g/mol. The summed E-state index contributed by atoms with van der Waals surface area (Å²) in [6, 6.07) is 5.91. The number of aryl methyl sites for hydroxylation is 2. The summed E-state index contributed by atoms with van der Waals surface area (Å²) in [5.74, 6) is -0.198. The van der Waals surface area contributed by atoms with E-state index in [4.69, 9.17) is 4.74 Å². The maximum atomic E-state index is 12.9. The van der Waals surface area contributed by atoms with E-state index in [1.165, 1.54) is 0 Å². The molecule has 0 spiro atoms. The quantitative estimate of drug-likeness (QED) is 0.719. The van der Waals surface area contributed by atoms with Crippen molar-refractivity contribution >= 4 is 17.5 Å². The number of fused-ring (bicyclic) bond motifs is 1. The number of anilines is 1. The summed E-state index contributed by atoms with van der Waals surface area (Å²) in [5.41, 5.74) is 4.10. The second-order valence-corrected chi connectivity index (χ2v) is 7.27. The molecule has 0 bridgehead atoms. The summed E-state index contributed by atoms with van der Waals surface area (Å²) >= 11 is 0. The van der Waals surface area contributed by atoms with Gasteiger partial charge >= 0.3 is 0 Å². The predicted octanol–water partition coefficient (Wildman–Crippen LogP) is 2.85. The minimum atomic E-state index is -0.269. The van der Waals surface area contributed by atoms with Crippen LogP contribution in [0.3, 0.4) is 0 Å². The third kappa shape index (κ3) is 4.59. The number of carbonyl (C=O) groups excluding carboxylic acids is 2. The fourth-order valence-corrected chi connectivity index (χ4v) is 3.63. The largest absolute Gasteiger partial charge is 0.385 e. The molecule has 7 heteroatoms. The highest BCUT2D eigenvalue weighted by Crippen LogP contribution is 2.23. The lowest BCUT2D eigenvalue weighted by Crippen LogP contribution is -2.29. The van der Waals surface area contributed by atoms with Crippen LogP contribution in [0.15, 0.2) is 18.2 Å². The van der Waals surface area contributed by atoms with E-state index in [0.717, 1.165) is 48.2 Å². The summed E-state index contributed by atoms with van der Waals surface area (Å²) in [7, 11) is 1.63. The number of nitrogens with zero attached hydrogens (tertiary/aromatic N) is 2. The number of imidazole rings is 1. The van der Waals surface area contributed by atoms with Gasteiger partial charge in [0.1, 0.15) is 0 Å². The Morgan fingerprint density at radius 1 is 1.14 bits per heavy atom. The van der Waals surface area contributed by atoms with Crippen molar-refractivity contribution < 1.29 is 14.3 Å². The van der Waals surface area contributed by atoms with Crippen LogP contribution in [0.5, 0.6) is 0 Å². The maximum Gasteiger partial charge on any atom is 0.287 e. The molecule has 0 aliphatic carbocycles. The summed E-state index contributed by atoms with van der Waals surface area (Å²) in [4.78, 5) is 29.9. The molecule has 150 valence electrons. The standard InChI is InChI=1S/C21H28N4O3/c1-14-11-15(2)13-16(12-14)23-20(26)18-17-7-4-5-9-25(17)19(24-18)21(27)22-8-6-10-28-3/h11-13H,4-10H2,1-3H3,(H,22,27)(H,23,26). The molecule has 2 amide bonds. The number of amides is 2. The van der Waals surface area contributed by atoms with Crippen molar-refractivity contribution in [2.75, 3.05) is 25.6 Å². The van der Waals surface area contributed by atoms with Crippen LogP contribution in [0.4, 0.5) is 5.69 Å². The van der Waals surface area contributed by atoms with Crippen molar-refractivity contribution in [2.45, 2.75) is 46.1 Å². The van der Waals surface area contributed by atoms with Crippen LogP contribution in [0, 0.1) is 13.8 Å². The summed E-state index contributed by atoms with van der Waals surface area (Å²) < 4.78 is 6.90. The summed E-state index contributed by atoms with van der Waals surface area (Å²) in [6.45, 7) is 5.79. The van der Waals surface area contributed by atoms with Gasteiger partial charge in [-0.05, 0) is 62.8 Å². The Kier molecular flexibility index (Phi) is 6.46. The van der Waals surface area contributed by atoms with Crippen molar-refractivity contribution in [2.24, 2.45) is 0 Å². The molecule has 2 aromatic rings. The average Bonchev–Trinajstić information content (AvgIpc) is 3.04. The molecule has 28 heavy (non-hydrogen) atoms. The second-order valence-electron chi connectivity index (χ2n) is 7.27. The molecule has 1 aromatic carbocycles. The van der Waals surface area contributed by atoms with Crippen molar-refractivity contribution in [3.63, 3.8) is 0 Å². The first-order chi connectivity index (χ1) is 13.5. The average molecular weight is 384 g/mol. The van der Waals surface area contributed by atoms with E-state index in [-0.39, 0.29) is 11.8 Å². The lowest BCUT2D eigenvalue weighted by molar-refractivity contribution is 0.0932. The van der Waals surface area contributed by atoms with Gasteiger partial charge in [-0.15, -0.1) is 0 Å². The Labute approximate surface area is 165 Å². The van der Waals surface area contributed by atoms with E-state index in [2.05, 4.69) is 21.7 Å². The third-order valence-electron chi connectivity index (χ3n) is 4.83. The highest BCUT2D eigenvalue weighted by Gasteiger charge is 2.27. The molecule has 0 atom stereocenters. The normalized spacial score (nSPS) is 13.1. The van der Waals surface area contributed by atoms with Gasteiger partial charge in [0.05, 0.1) is 5.69 Å². The minimum Gasteiger partial charge on any atom is -0.385 e. The molecule has 0 fully saturated rings. The van der Waals surface area contributed by atoms with E-state index in [9.17, 15) is 9.59 Å². The van der Waals surface area contributed by atoms with Crippen molar-refractivity contribution in [1.82, 2.24) is 14.9 Å². The van der Waals surface area contributed by atoms with Gasteiger partial charge in [-0.1, -0.05) is 6.07 Å². The van der Waals surface area contributed by atoms with Crippen LogP contribution in [0.25, 0.3) is 0 Å². The van der Waals surface area contributed by atoms with Crippen LogP contribution in [0.1, 0.15) is 57.2 Å². The number of ether oxygens (including phenoxy) is 1. The number of hydrogen-bond acceptors (Lipinski definition) is 4. The lowest BCUT2D eigenvalue weighted by atomic mass is 10.1. The first kappa shape index (κ1) is 20.1. The molecule has 1 aromatic heterocycles. The predicted molar refractivity (Wildman–Crippen MR) is 108 cm³/mol. The summed E-state index contributed by atoms with van der Waals surface area (Å²) in [6.07, 6.45) is 3.45. The Bertz CT molecular complexity index is 853. The number of benzene rings is 1. The van der Waals surface area contributed by atoms with Gasteiger partial charge in [-0.3, -0.25) is 9.59 Å². The van der Waals surface area contributed by atoms with Crippen molar-refractivity contribution in [1.29, 1.82) is 0 Å². The molecule has 0 unspecified atom stereocenters. The lowest BCUT2D eigenvalue weighted by Gasteiger charge is -2.17. The van der Waals surface area contributed by atoms with E-state index >= 15 is 0 Å². The highest BCUT2D eigenvalue weighted by atomic mass is 16.5. The molecular formula is C21H28N4O3. The number of hydrogen-bond donors (Lipinski definition) is 2. The van der Waals surface area contributed by atoms with Crippen molar-refractivity contribution in [3.05, 3.63) is 46.5 Å². The molecule has 0 saturated carbocycles. The van der Waals surface area contributed by atoms with Gasteiger partial charge in [0, 0.05) is 32.5 Å². The van der Waals surface area contributed by atoms with Gasteiger partial charge in [0.2, 0.25) is 0 Å². The van der Waals surface area contributed by atoms with E-state index in [0.29, 0.717) is 31.2 Å². The van der Waals surface area contributed by atoms with E-state index in [1.54, 1.807) is 7.11 Å². The molecule has 3 rings (SSSR count). The number of nitrogens with one attached hydrogen (secondary N) is 2. The van der Waals surface area contributed by atoms with Crippen LogP contribution >= 0.6 is 0 Å². The van der Waals surface area contributed by atoms with Crippen molar-refractivity contribution in [3.8, 4) is 0 Å². The van der Waals surface area contributed by atoms with Gasteiger partial charge in [0.25, 0.3) is 11.8 Å². The highest BCUT2D eigenvalue weighted by molar-refractivity contribution is 6.05. The molecule has 1 aliphatic rings. The van der Waals surface area contributed by atoms with E-state index in [1.807, 2.05) is 30.5 Å². The van der Waals surface area contributed by atoms with Gasteiger partial charge in [0.15, 0.2) is 11.5 Å². The summed E-state index contributed by atoms with van der Waals surface area (Å²) in [5, 5.41) is 5.81. The molecule has 0 radical (unpaired) electrons. The maximum absolute atomic E-state index is 12.9. The number of carbonyl (C=O) groups is 2. The molecule has 2 N–H and O–H groups in total. The van der Waals surface area contributed by atoms with Crippen LogP contribution in [-0.4, -0.2) is 41.6 Å². The number of rotatable bonds is 7. The minimum absolute atomic E-state index is 0.246. The first-order valence-electron chi connectivity index (χ1n) is 9.75. The fraction of sp³-hybridized carbons (Fsp3) is 0.476. The van der Waals surface area contributed by atoms with Crippen LogP contribution in [0.2, 0.25) is 0 Å². The second kappa shape index (κ2) is 9.01. The SMILES string of the molecule is COCCCNC(=O)c1nc(C(=O)Nc2cc(C)cc(C)c2)c2n1CCCC2. The van der Waals surface area contributed by atoms with Gasteiger partial charge in [-0.25, -0.2) is 4.98 Å². The van der Waals surface area contributed by atoms with Gasteiger partial charge < -0.3 is 19.9 Å². The van der Waals surface area contributed by atoms with Crippen LogP contribution in [-0.2, 0) is 17.7 Å². The Morgan fingerprint density at radius 2 is 1.89 bits per heavy atom. The number of aromatic nitrogens is 2. The molecule has 1 aliphatic heterocycles. The zero-order chi connectivity index (χ0) is 20.1.